The molecule has 126 valence electrons. The van der Waals surface area contributed by atoms with Gasteiger partial charge in [-0.25, -0.2) is 4.68 Å². The average Bonchev–Trinajstić information content (AvgIpc) is 2.98. The van der Waals surface area contributed by atoms with Crippen LogP contribution in [0.5, 0.6) is 0 Å². The van der Waals surface area contributed by atoms with E-state index in [9.17, 15) is 4.79 Å². The third-order valence-corrected chi connectivity index (χ3v) is 5.31. The van der Waals surface area contributed by atoms with Gasteiger partial charge in [-0.1, -0.05) is 24.3 Å². The summed E-state index contributed by atoms with van der Waals surface area (Å²) in [6.07, 6.45) is 7.97. The number of aromatic nitrogens is 2. The summed E-state index contributed by atoms with van der Waals surface area (Å²) >= 11 is 0. The van der Waals surface area contributed by atoms with Gasteiger partial charge < -0.3 is 4.74 Å². The molecule has 1 fully saturated rings. The van der Waals surface area contributed by atoms with Crippen molar-refractivity contribution in [3.05, 3.63) is 52.8 Å². The Balaban J connectivity index is 1.66. The summed E-state index contributed by atoms with van der Waals surface area (Å²) in [6, 6.07) is 8.25. The summed E-state index contributed by atoms with van der Waals surface area (Å²) in [4.78, 5) is 13.2. The zero-order chi connectivity index (χ0) is 16.5. The van der Waals surface area contributed by atoms with Gasteiger partial charge in [0, 0.05) is 18.7 Å². The van der Waals surface area contributed by atoms with E-state index in [1.54, 1.807) is 0 Å². The van der Waals surface area contributed by atoms with Crippen LogP contribution in [0.3, 0.4) is 0 Å². The number of fused-ring (bicyclic) bond motifs is 1. The second-order valence-electron chi connectivity index (χ2n) is 6.96. The Labute approximate surface area is 142 Å². The molecule has 1 aromatic carbocycles. The number of ketones is 1. The Hall–Kier alpha value is -1.94. The van der Waals surface area contributed by atoms with Crippen LogP contribution >= 0.6 is 0 Å². The van der Waals surface area contributed by atoms with Gasteiger partial charge in [-0.05, 0) is 56.6 Å². The highest BCUT2D eigenvalue weighted by Crippen LogP contribution is 2.34. The van der Waals surface area contributed by atoms with Crippen molar-refractivity contribution in [2.24, 2.45) is 0 Å². The number of nitrogens with zero attached hydrogens (tertiary/aromatic N) is 2. The highest BCUT2D eigenvalue weighted by Gasteiger charge is 2.31. The van der Waals surface area contributed by atoms with Crippen LogP contribution in [0.25, 0.3) is 0 Å². The number of carbonyl (C=O) groups is 1. The van der Waals surface area contributed by atoms with E-state index in [2.05, 4.69) is 19.1 Å². The van der Waals surface area contributed by atoms with Crippen molar-refractivity contribution < 1.29 is 9.53 Å². The predicted octanol–water partition coefficient (Wildman–Crippen LogP) is 4.19. The van der Waals surface area contributed by atoms with Crippen LogP contribution in [0.15, 0.2) is 30.5 Å². The molecule has 0 spiro atoms. The Morgan fingerprint density at radius 2 is 2.04 bits per heavy atom. The first kappa shape index (κ1) is 15.6. The summed E-state index contributed by atoms with van der Waals surface area (Å²) in [6.45, 7) is 2.88. The van der Waals surface area contributed by atoms with Crippen LogP contribution in [0, 0.1) is 6.92 Å². The van der Waals surface area contributed by atoms with Gasteiger partial charge in [0.2, 0.25) is 0 Å². The highest BCUT2D eigenvalue weighted by atomic mass is 16.5. The summed E-state index contributed by atoms with van der Waals surface area (Å²) in [5.74, 6) is 0.177. The minimum Gasteiger partial charge on any atom is -0.357 e. The fourth-order valence-corrected chi connectivity index (χ4v) is 3.97. The fourth-order valence-electron chi connectivity index (χ4n) is 3.97. The van der Waals surface area contributed by atoms with E-state index < -0.39 is 0 Å². The summed E-state index contributed by atoms with van der Waals surface area (Å²) in [5, 5.41) is 4.71. The first-order valence-corrected chi connectivity index (χ1v) is 9.03. The molecule has 2 atom stereocenters. The van der Waals surface area contributed by atoms with Crippen molar-refractivity contribution in [3.8, 4) is 0 Å². The van der Waals surface area contributed by atoms with E-state index >= 15 is 0 Å². The molecule has 0 saturated carbocycles. The molecule has 0 radical (unpaired) electrons. The van der Waals surface area contributed by atoms with Crippen LogP contribution < -0.4 is 0 Å². The monoisotopic (exact) mass is 324 g/mol. The van der Waals surface area contributed by atoms with Crippen LogP contribution in [0.1, 0.15) is 71.4 Å². The number of benzene rings is 1. The van der Waals surface area contributed by atoms with Gasteiger partial charge in [0.05, 0.1) is 11.3 Å². The maximum absolute atomic E-state index is 13.2. The molecule has 1 aliphatic carbocycles. The molecule has 0 bridgehead atoms. The van der Waals surface area contributed by atoms with Gasteiger partial charge in [-0.15, -0.1) is 0 Å². The lowest BCUT2D eigenvalue weighted by molar-refractivity contribution is -0.0397. The molecule has 2 heterocycles. The number of hydrogen-bond acceptors (Lipinski definition) is 3. The SMILES string of the molecule is Cc1ccccc1C1CCCc2nn(C3CCCCO3)cc2C1=O. The highest BCUT2D eigenvalue weighted by molar-refractivity contribution is 6.02. The van der Waals surface area contributed by atoms with Gasteiger partial charge in [0.15, 0.2) is 5.78 Å². The Morgan fingerprint density at radius 1 is 1.17 bits per heavy atom. The molecule has 2 aliphatic rings. The van der Waals surface area contributed by atoms with Crippen LogP contribution in [-0.4, -0.2) is 22.2 Å². The van der Waals surface area contributed by atoms with Gasteiger partial charge in [-0.3, -0.25) is 4.79 Å². The second-order valence-corrected chi connectivity index (χ2v) is 6.96. The normalized spacial score (nSPS) is 24.5. The largest absolute Gasteiger partial charge is 0.357 e. The molecule has 2 aromatic rings. The van der Waals surface area contributed by atoms with Crippen molar-refractivity contribution in [2.45, 2.75) is 57.6 Å². The van der Waals surface area contributed by atoms with Crippen LogP contribution in [0.2, 0.25) is 0 Å². The number of hydrogen-bond donors (Lipinski definition) is 0. The summed E-state index contributed by atoms with van der Waals surface area (Å²) < 4.78 is 7.72. The molecule has 4 heteroatoms. The molecule has 0 N–H and O–H groups in total. The van der Waals surface area contributed by atoms with Crippen molar-refractivity contribution in [1.29, 1.82) is 0 Å². The number of aryl methyl sites for hydroxylation is 2. The molecular formula is C20H24N2O2. The average molecular weight is 324 g/mol. The van der Waals surface area contributed by atoms with Gasteiger partial charge in [0.1, 0.15) is 6.23 Å². The minimum atomic E-state index is -0.0441. The third-order valence-electron chi connectivity index (χ3n) is 5.31. The number of ether oxygens (including phenoxy) is 1. The Morgan fingerprint density at radius 3 is 2.83 bits per heavy atom. The number of rotatable bonds is 2. The van der Waals surface area contributed by atoms with Gasteiger partial charge in [-0.2, -0.15) is 5.10 Å². The molecule has 2 unspecified atom stereocenters. The van der Waals surface area contributed by atoms with Crippen molar-refractivity contribution in [1.82, 2.24) is 9.78 Å². The van der Waals surface area contributed by atoms with E-state index in [0.29, 0.717) is 0 Å². The first-order valence-electron chi connectivity index (χ1n) is 9.03. The molecular weight excluding hydrogens is 300 g/mol. The maximum Gasteiger partial charge on any atom is 0.173 e. The second kappa shape index (κ2) is 6.52. The van der Waals surface area contributed by atoms with E-state index in [-0.39, 0.29) is 17.9 Å². The van der Waals surface area contributed by atoms with Gasteiger partial charge >= 0.3 is 0 Å². The minimum absolute atomic E-state index is 0.00427. The summed E-state index contributed by atoms with van der Waals surface area (Å²) in [5.41, 5.74) is 4.11. The maximum atomic E-state index is 13.2. The van der Waals surface area contributed by atoms with Crippen LogP contribution in [-0.2, 0) is 11.2 Å². The van der Waals surface area contributed by atoms with Crippen molar-refractivity contribution >= 4 is 5.78 Å². The summed E-state index contributed by atoms with van der Waals surface area (Å²) in [7, 11) is 0. The van der Waals surface area contributed by atoms with Gasteiger partial charge in [0.25, 0.3) is 0 Å². The molecule has 1 aliphatic heterocycles. The fraction of sp³-hybridized carbons (Fsp3) is 0.500. The Bertz CT molecular complexity index is 744. The molecule has 4 rings (SSSR count). The molecule has 24 heavy (non-hydrogen) atoms. The number of carbonyl (C=O) groups excluding carboxylic acids is 1. The smallest absolute Gasteiger partial charge is 0.173 e. The lowest BCUT2D eigenvalue weighted by Gasteiger charge is -2.22. The van der Waals surface area contributed by atoms with E-state index in [1.807, 2.05) is 23.0 Å². The standard InChI is InChI=1S/C20H24N2O2/c1-14-7-2-3-8-15(14)16-9-6-10-18-17(20(16)23)13-22(21-18)19-11-4-5-12-24-19/h2-3,7-8,13,16,19H,4-6,9-12H2,1H3. The first-order chi connectivity index (χ1) is 11.7. The quantitative estimate of drug-likeness (QED) is 0.778. The molecule has 0 amide bonds. The van der Waals surface area contributed by atoms with Crippen LogP contribution in [0.4, 0.5) is 0 Å². The lowest BCUT2D eigenvalue weighted by Crippen LogP contribution is -2.19. The topological polar surface area (TPSA) is 44.1 Å². The zero-order valence-corrected chi connectivity index (χ0v) is 14.2. The van der Waals surface area contributed by atoms with Crippen molar-refractivity contribution in [3.63, 3.8) is 0 Å². The molecule has 1 aromatic heterocycles. The predicted molar refractivity (Wildman–Crippen MR) is 92.3 cm³/mol. The van der Waals surface area contributed by atoms with E-state index in [1.165, 1.54) is 5.56 Å². The van der Waals surface area contributed by atoms with E-state index in [4.69, 9.17) is 9.84 Å². The molecule has 1 saturated heterocycles. The Kier molecular flexibility index (Phi) is 4.23. The van der Waals surface area contributed by atoms with E-state index in [0.717, 1.165) is 62.0 Å². The third kappa shape index (κ3) is 2.80. The number of Topliss-reactive ketones (excluding diaryl/α,β-unsaturated/α-hetero) is 1. The zero-order valence-electron chi connectivity index (χ0n) is 14.2. The lowest BCUT2D eigenvalue weighted by atomic mass is 9.87. The van der Waals surface area contributed by atoms with Crippen molar-refractivity contribution in [2.75, 3.05) is 6.61 Å². The molecule has 4 nitrogen and oxygen atoms in total.